The van der Waals surface area contributed by atoms with Gasteiger partial charge in [0.1, 0.15) is 0 Å². The standard InChI is InChI=1S/C16H23N5O2/c1-4-21-11-13(8-18-21)15-14(5-6-23-15)16(22)19(2)9-12-7-17-20(3)10-12/h7-8,10-11,14-15H,4-6,9H2,1-3H3/t14-,15+/m0/s1. The third-order valence-corrected chi connectivity index (χ3v) is 4.27. The third kappa shape index (κ3) is 3.29. The minimum atomic E-state index is -0.195. The highest BCUT2D eigenvalue weighted by molar-refractivity contribution is 5.79. The number of hydrogen-bond donors (Lipinski definition) is 0. The van der Waals surface area contributed by atoms with Gasteiger partial charge in [0.15, 0.2) is 0 Å². The molecule has 2 atom stereocenters. The van der Waals surface area contributed by atoms with E-state index in [0.29, 0.717) is 13.2 Å². The Morgan fingerprint density at radius 2 is 2.22 bits per heavy atom. The van der Waals surface area contributed by atoms with Gasteiger partial charge in [-0.3, -0.25) is 14.2 Å². The number of nitrogens with zero attached hydrogens (tertiary/aromatic N) is 5. The van der Waals surface area contributed by atoms with E-state index < -0.39 is 0 Å². The van der Waals surface area contributed by atoms with Crippen LogP contribution in [0.5, 0.6) is 0 Å². The molecular weight excluding hydrogens is 294 g/mol. The van der Waals surface area contributed by atoms with Crippen LogP contribution in [0.25, 0.3) is 0 Å². The maximum absolute atomic E-state index is 12.8. The van der Waals surface area contributed by atoms with Crippen molar-refractivity contribution in [3.05, 3.63) is 35.9 Å². The van der Waals surface area contributed by atoms with Crippen molar-refractivity contribution in [3.63, 3.8) is 0 Å². The zero-order valence-electron chi connectivity index (χ0n) is 13.8. The number of hydrogen-bond acceptors (Lipinski definition) is 4. The summed E-state index contributed by atoms with van der Waals surface area (Å²) in [5, 5.41) is 8.43. The Kier molecular flexibility index (Phi) is 4.47. The molecule has 3 heterocycles. The maximum Gasteiger partial charge on any atom is 0.228 e. The number of carbonyl (C=O) groups is 1. The van der Waals surface area contributed by atoms with Crippen molar-refractivity contribution in [2.24, 2.45) is 13.0 Å². The van der Waals surface area contributed by atoms with Gasteiger partial charge in [0, 0.05) is 57.3 Å². The molecule has 1 aliphatic rings. The van der Waals surface area contributed by atoms with Crippen molar-refractivity contribution in [2.75, 3.05) is 13.7 Å². The van der Waals surface area contributed by atoms with Crippen LogP contribution in [0.15, 0.2) is 24.8 Å². The average molecular weight is 317 g/mol. The highest BCUT2D eigenvalue weighted by Crippen LogP contribution is 2.35. The van der Waals surface area contributed by atoms with Crippen LogP contribution < -0.4 is 0 Å². The fraction of sp³-hybridized carbons (Fsp3) is 0.562. The number of aromatic nitrogens is 4. The summed E-state index contributed by atoms with van der Waals surface area (Å²) in [6, 6.07) is 0. The van der Waals surface area contributed by atoms with E-state index in [4.69, 9.17) is 4.74 Å². The van der Waals surface area contributed by atoms with Crippen LogP contribution >= 0.6 is 0 Å². The van der Waals surface area contributed by atoms with E-state index in [1.165, 1.54) is 0 Å². The lowest BCUT2D eigenvalue weighted by molar-refractivity contribution is -0.136. The lowest BCUT2D eigenvalue weighted by atomic mass is 9.96. The van der Waals surface area contributed by atoms with Gasteiger partial charge >= 0.3 is 0 Å². The minimum absolute atomic E-state index is 0.112. The van der Waals surface area contributed by atoms with Crippen molar-refractivity contribution >= 4 is 5.91 Å². The van der Waals surface area contributed by atoms with Gasteiger partial charge < -0.3 is 9.64 Å². The summed E-state index contributed by atoms with van der Waals surface area (Å²) in [6.45, 7) is 4.02. The second kappa shape index (κ2) is 6.54. The van der Waals surface area contributed by atoms with Crippen LogP contribution in [0.2, 0.25) is 0 Å². The molecule has 3 rings (SSSR count). The number of carbonyl (C=O) groups excluding carboxylic acids is 1. The zero-order valence-corrected chi connectivity index (χ0v) is 13.8. The molecule has 0 radical (unpaired) electrons. The van der Waals surface area contributed by atoms with Crippen molar-refractivity contribution in [1.82, 2.24) is 24.5 Å². The van der Waals surface area contributed by atoms with Gasteiger partial charge in [-0.05, 0) is 13.3 Å². The topological polar surface area (TPSA) is 65.2 Å². The molecule has 0 bridgehead atoms. The molecule has 7 nitrogen and oxygen atoms in total. The SMILES string of the molecule is CCn1cc([C@H]2OCC[C@@H]2C(=O)N(C)Cc2cnn(C)c2)cn1. The molecule has 0 unspecified atom stereocenters. The normalized spacial score (nSPS) is 20.8. The number of ether oxygens (including phenoxy) is 1. The van der Waals surface area contributed by atoms with Crippen LogP contribution in [0.3, 0.4) is 0 Å². The highest BCUT2D eigenvalue weighted by atomic mass is 16.5. The van der Waals surface area contributed by atoms with E-state index in [-0.39, 0.29) is 17.9 Å². The molecule has 7 heteroatoms. The summed E-state index contributed by atoms with van der Waals surface area (Å²) in [6.07, 6.45) is 8.05. The largest absolute Gasteiger partial charge is 0.373 e. The number of amides is 1. The van der Waals surface area contributed by atoms with E-state index in [1.54, 1.807) is 22.0 Å². The van der Waals surface area contributed by atoms with E-state index in [9.17, 15) is 4.79 Å². The summed E-state index contributed by atoms with van der Waals surface area (Å²) in [5.74, 6) is -0.0354. The molecule has 23 heavy (non-hydrogen) atoms. The Morgan fingerprint density at radius 1 is 1.39 bits per heavy atom. The Labute approximate surface area is 135 Å². The highest BCUT2D eigenvalue weighted by Gasteiger charge is 2.37. The smallest absolute Gasteiger partial charge is 0.228 e. The lowest BCUT2D eigenvalue weighted by Gasteiger charge is -2.23. The molecule has 1 fully saturated rings. The molecule has 1 aliphatic heterocycles. The molecule has 0 saturated carbocycles. The first-order valence-corrected chi connectivity index (χ1v) is 7.95. The first kappa shape index (κ1) is 15.7. The number of aryl methyl sites for hydroxylation is 2. The molecule has 1 amide bonds. The van der Waals surface area contributed by atoms with Crippen LogP contribution in [-0.2, 0) is 29.7 Å². The first-order valence-electron chi connectivity index (χ1n) is 7.95. The minimum Gasteiger partial charge on any atom is -0.373 e. The molecule has 2 aromatic heterocycles. The fourth-order valence-electron chi connectivity index (χ4n) is 3.06. The summed E-state index contributed by atoms with van der Waals surface area (Å²) in [4.78, 5) is 14.6. The van der Waals surface area contributed by atoms with E-state index >= 15 is 0 Å². The maximum atomic E-state index is 12.8. The van der Waals surface area contributed by atoms with Gasteiger partial charge in [0.25, 0.3) is 0 Å². The molecule has 2 aromatic rings. The molecule has 124 valence electrons. The first-order chi connectivity index (χ1) is 11.1. The van der Waals surface area contributed by atoms with Gasteiger partial charge in [0.05, 0.1) is 24.4 Å². The Morgan fingerprint density at radius 3 is 2.87 bits per heavy atom. The van der Waals surface area contributed by atoms with E-state index in [1.807, 2.05) is 38.1 Å². The monoisotopic (exact) mass is 317 g/mol. The van der Waals surface area contributed by atoms with Gasteiger partial charge in [-0.1, -0.05) is 0 Å². The van der Waals surface area contributed by atoms with Gasteiger partial charge in [0.2, 0.25) is 5.91 Å². The molecule has 0 spiro atoms. The van der Waals surface area contributed by atoms with Crippen LogP contribution in [0.1, 0.15) is 30.6 Å². The fourth-order valence-corrected chi connectivity index (χ4v) is 3.06. The van der Waals surface area contributed by atoms with Crippen molar-refractivity contribution in [1.29, 1.82) is 0 Å². The molecule has 1 saturated heterocycles. The van der Waals surface area contributed by atoms with Crippen molar-refractivity contribution < 1.29 is 9.53 Å². The van der Waals surface area contributed by atoms with E-state index in [2.05, 4.69) is 10.2 Å². The van der Waals surface area contributed by atoms with Gasteiger partial charge in [-0.25, -0.2) is 0 Å². The summed E-state index contributed by atoms with van der Waals surface area (Å²) in [5.41, 5.74) is 2.01. The molecular formula is C16H23N5O2. The molecule has 0 N–H and O–H groups in total. The second-order valence-corrected chi connectivity index (χ2v) is 6.03. The Bertz CT molecular complexity index is 678. The number of rotatable bonds is 5. The van der Waals surface area contributed by atoms with Crippen LogP contribution in [0.4, 0.5) is 0 Å². The van der Waals surface area contributed by atoms with E-state index in [0.717, 1.165) is 24.1 Å². The van der Waals surface area contributed by atoms with Crippen LogP contribution in [0, 0.1) is 5.92 Å². The zero-order chi connectivity index (χ0) is 16.4. The average Bonchev–Trinajstić information content (AvgIpc) is 3.25. The van der Waals surface area contributed by atoms with Gasteiger partial charge in [-0.2, -0.15) is 10.2 Å². The summed E-state index contributed by atoms with van der Waals surface area (Å²) >= 11 is 0. The molecule has 0 aromatic carbocycles. The third-order valence-electron chi connectivity index (χ3n) is 4.27. The lowest BCUT2D eigenvalue weighted by Crippen LogP contribution is -2.33. The predicted molar refractivity (Wildman–Crippen MR) is 84.4 cm³/mol. The Hall–Kier alpha value is -2.15. The predicted octanol–water partition coefficient (Wildman–Crippen LogP) is 1.37. The molecule has 0 aliphatic carbocycles. The second-order valence-electron chi connectivity index (χ2n) is 6.03. The quantitative estimate of drug-likeness (QED) is 0.835. The van der Waals surface area contributed by atoms with Crippen molar-refractivity contribution in [2.45, 2.75) is 32.5 Å². The Balaban J connectivity index is 1.69. The summed E-state index contributed by atoms with van der Waals surface area (Å²) in [7, 11) is 3.71. The summed E-state index contributed by atoms with van der Waals surface area (Å²) < 4.78 is 9.42. The van der Waals surface area contributed by atoms with Gasteiger partial charge in [-0.15, -0.1) is 0 Å². The van der Waals surface area contributed by atoms with Crippen LogP contribution in [-0.4, -0.2) is 44.0 Å². The van der Waals surface area contributed by atoms with Crippen molar-refractivity contribution in [3.8, 4) is 0 Å².